The zero-order valence-electron chi connectivity index (χ0n) is 15.7. The number of dihydropyridines is 1. The average molecular weight is 387 g/mol. The van der Waals surface area contributed by atoms with Gasteiger partial charge in [0.1, 0.15) is 11.5 Å². The predicted octanol–water partition coefficient (Wildman–Crippen LogP) is 3.15. The second kappa shape index (κ2) is 7.85. The third kappa shape index (κ3) is 3.62. The SMILES string of the molecule is NC1=CC=CNC1(N)C(c1ccc(F)cc1)C(c1cccnc1)c1cccnc1. The molecular weight excluding hydrogens is 365 g/mol. The molecule has 146 valence electrons. The van der Waals surface area contributed by atoms with E-state index in [9.17, 15) is 4.39 Å². The van der Waals surface area contributed by atoms with E-state index in [0.29, 0.717) is 5.70 Å². The number of rotatable bonds is 5. The van der Waals surface area contributed by atoms with E-state index in [2.05, 4.69) is 15.3 Å². The molecule has 5 nitrogen and oxygen atoms in total. The van der Waals surface area contributed by atoms with Crippen LogP contribution < -0.4 is 16.8 Å². The summed E-state index contributed by atoms with van der Waals surface area (Å²) in [6.07, 6.45) is 12.5. The Kier molecular flexibility index (Phi) is 5.10. The van der Waals surface area contributed by atoms with Gasteiger partial charge in [0, 0.05) is 42.3 Å². The number of pyridine rings is 2. The van der Waals surface area contributed by atoms with Crippen LogP contribution in [0.4, 0.5) is 4.39 Å². The van der Waals surface area contributed by atoms with Crippen LogP contribution in [0, 0.1) is 5.82 Å². The van der Waals surface area contributed by atoms with E-state index >= 15 is 0 Å². The molecule has 0 radical (unpaired) electrons. The molecule has 1 aliphatic rings. The first-order valence-electron chi connectivity index (χ1n) is 9.34. The molecule has 4 rings (SSSR count). The molecule has 0 saturated heterocycles. The molecule has 3 aromatic rings. The number of nitrogens with two attached hydrogens (primary N) is 2. The van der Waals surface area contributed by atoms with Crippen molar-refractivity contribution < 1.29 is 4.39 Å². The highest BCUT2D eigenvalue weighted by Crippen LogP contribution is 2.45. The minimum atomic E-state index is -1.09. The minimum absolute atomic E-state index is 0.223. The lowest BCUT2D eigenvalue weighted by Gasteiger charge is -2.44. The summed E-state index contributed by atoms with van der Waals surface area (Å²) in [5.41, 5.74) is 15.5. The van der Waals surface area contributed by atoms with Crippen LogP contribution in [-0.2, 0) is 0 Å². The Morgan fingerprint density at radius 1 is 0.897 bits per heavy atom. The van der Waals surface area contributed by atoms with Crippen molar-refractivity contribution in [3.05, 3.63) is 120 Å². The summed E-state index contributed by atoms with van der Waals surface area (Å²) >= 11 is 0. The molecule has 1 aromatic carbocycles. The number of benzene rings is 1. The van der Waals surface area contributed by atoms with Gasteiger partial charge in [-0.05, 0) is 59.3 Å². The Morgan fingerprint density at radius 3 is 2.03 bits per heavy atom. The second-order valence-electron chi connectivity index (χ2n) is 7.07. The molecule has 0 spiro atoms. The van der Waals surface area contributed by atoms with Crippen LogP contribution in [0.2, 0.25) is 0 Å². The van der Waals surface area contributed by atoms with E-state index in [0.717, 1.165) is 16.7 Å². The van der Waals surface area contributed by atoms with E-state index in [1.165, 1.54) is 12.1 Å². The van der Waals surface area contributed by atoms with Gasteiger partial charge in [-0.1, -0.05) is 24.3 Å². The predicted molar refractivity (Wildman–Crippen MR) is 111 cm³/mol. The fraction of sp³-hybridized carbons (Fsp3) is 0.130. The lowest BCUT2D eigenvalue weighted by atomic mass is 9.70. The molecule has 0 amide bonds. The van der Waals surface area contributed by atoms with Gasteiger partial charge in [-0.25, -0.2) is 4.39 Å². The lowest BCUT2D eigenvalue weighted by molar-refractivity contribution is 0.327. The summed E-state index contributed by atoms with van der Waals surface area (Å²) in [6, 6.07) is 14.2. The maximum Gasteiger partial charge on any atom is 0.134 e. The van der Waals surface area contributed by atoms with E-state index in [4.69, 9.17) is 11.5 Å². The van der Waals surface area contributed by atoms with E-state index < -0.39 is 5.66 Å². The fourth-order valence-corrected chi connectivity index (χ4v) is 3.91. The van der Waals surface area contributed by atoms with Gasteiger partial charge in [0.2, 0.25) is 0 Å². The van der Waals surface area contributed by atoms with Crippen LogP contribution in [0.15, 0.2) is 97.4 Å². The van der Waals surface area contributed by atoms with Gasteiger partial charge in [0.05, 0.1) is 0 Å². The number of allylic oxidation sites excluding steroid dienone is 2. The molecule has 0 bridgehead atoms. The molecule has 29 heavy (non-hydrogen) atoms. The van der Waals surface area contributed by atoms with Crippen LogP contribution in [0.5, 0.6) is 0 Å². The number of nitrogens with zero attached hydrogens (tertiary/aromatic N) is 2. The van der Waals surface area contributed by atoms with Gasteiger partial charge >= 0.3 is 0 Å². The smallest absolute Gasteiger partial charge is 0.134 e. The molecule has 0 fully saturated rings. The molecule has 3 heterocycles. The first-order chi connectivity index (χ1) is 14.1. The molecule has 1 aliphatic heterocycles. The topological polar surface area (TPSA) is 89.8 Å². The monoisotopic (exact) mass is 387 g/mol. The maximum absolute atomic E-state index is 13.7. The standard InChI is InChI=1S/C23H22FN5/c24-19-9-7-16(8-10-19)22(23(26)20(25)6-3-13-29-23)21(17-4-1-11-27-14-17)18-5-2-12-28-15-18/h1-15,21-22,29H,25-26H2. The van der Waals surface area contributed by atoms with Crippen molar-refractivity contribution in [3.8, 4) is 0 Å². The number of nitrogens with one attached hydrogen (secondary N) is 1. The van der Waals surface area contributed by atoms with Crippen molar-refractivity contribution in [2.45, 2.75) is 17.5 Å². The van der Waals surface area contributed by atoms with Gasteiger partial charge in [0.15, 0.2) is 0 Å². The Balaban J connectivity index is 1.95. The molecule has 2 aromatic heterocycles. The van der Waals surface area contributed by atoms with Crippen molar-refractivity contribution in [3.63, 3.8) is 0 Å². The Hall–Kier alpha value is -3.51. The highest BCUT2D eigenvalue weighted by atomic mass is 19.1. The lowest BCUT2D eigenvalue weighted by Crippen LogP contribution is -2.61. The minimum Gasteiger partial charge on any atom is -0.399 e. The van der Waals surface area contributed by atoms with Crippen molar-refractivity contribution in [2.24, 2.45) is 11.5 Å². The average Bonchev–Trinajstić information content (AvgIpc) is 2.76. The Bertz CT molecular complexity index is 979. The van der Waals surface area contributed by atoms with Gasteiger partial charge in [-0.2, -0.15) is 0 Å². The molecule has 0 aliphatic carbocycles. The number of aromatic nitrogens is 2. The molecule has 2 atom stereocenters. The Morgan fingerprint density at radius 2 is 1.52 bits per heavy atom. The molecular formula is C23H22FN5. The molecule has 0 saturated carbocycles. The fourth-order valence-electron chi connectivity index (χ4n) is 3.91. The van der Waals surface area contributed by atoms with Crippen LogP contribution in [-0.4, -0.2) is 15.6 Å². The zero-order chi connectivity index (χ0) is 20.3. The largest absolute Gasteiger partial charge is 0.399 e. The maximum atomic E-state index is 13.7. The summed E-state index contributed by atoms with van der Waals surface area (Å²) in [6.45, 7) is 0. The van der Waals surface area contributed by atoms with Crippen molar-refractivity contribution in [1.82, 2.24) is 15.3 Å². The molecule has 2 unspecified atom stereocenters. The van der Waals surface area contributed by atoms with Gasteiger partial charge in [-0.3, -0.25) is 9.97 Å². The zero-order valence-corrected chi connectivity index (χ0v) is 15.7. The first kappa shape index (κ1) is 18.8. The quantitative estimate of drug-likeness (QED) is 0.626. The van der Waals surface area contributed by atoms with E-state index in [1.54, 1.807) is 36.8 Å². The van der Waals surface area contributed by atoms with Crippen molar-refractivity contribution in [2.75, 3.05) is 0 Å². The van der Waals surface area contributed by atoms with Gasteiger partial charge in [0.25, 0.3) is 0 Å². The first-order valence-corrected chi connectivity index (χ1v) is 9.34. The second-order valence-corrected chi connectivity index (χ2v) is 7.07. The highest BCUT2D eigenvalue weighted by molar-refractivity contribution is 5.43. The number of hydrogen-bond acceptors (Lipinski definition) is 5. The molecule has 6 heteroatoms. The van der Waals surface area contributed by atoms with Crippen LogP contribution >= 0.6 is 0 Å². The summed E-state index contributed by atoms with van der Waals surface area (Å²) in [5, 5.41) is 3.25. The summed E-state index contributed by atoms with van der Waals surface area (Å²) in [4.78, 5) is 8.61. The highest BCUT2D eigenvalue weighted by Gasteiger charge is 2.44. The van der Waals surface area contributed by atoms with Crippen LogP contribution in [0.1, 0.15) is 28.5 Å². The van der Waals surface area contributed by atoms with E-state index in [-0.39, 0.29) is 17.7 Å². The summed E-state index contributed by atoms with van der Waals surface area (Å²) < 4.78 is 13.7. The normalized spacial score (nSPS) is 19.5. The van der Waals surface area contributed by atoms with Crippen LogP contribution in [0.3, 0.4) is 0 Å². The van der Waals surface area contributed by atoms with E-state index in [1.807, 2.05) is 42.7 Å². The van der Waals surface area contributed by atoms with Crippen LogP contribution in [0.25, 0.3) is 0 Å². The van der Waals surface area contributed by atoms with Gasteiger partial charge in [-0.15, -0.1) is 0 Å². The number of halogens is 1. The Labute approximate surface area is 169 Å². The summed E-state index contributed by atoms with van der Waals surface area (Å²) in [7, 11) is 0. The number of hydrogen-bond donors (Lipinski definition) is 3. The summed E-state index contributed by atoms with van der Waals surface area (Å²) in [5.74, 6) is -0.894. The third-order valence-corrected chi connectivity index (χ3v) is 5.31. The third-order valence-electron chi connectivity index (χ3n) is 5.31. The molecule has 5 N–H and O–H groups in total. The van der Waals surface area contributed by atoms with Crippen molar-refractivity contribution in [1.29, 1.82) is 0 Å². The van der Waals surface area contributed by atoms with Gasteiger partial charge < -0.3 is 16.8 Å². The van der Waals surface area contributed by atoms with Crippen molar-refractivity contribution >= 4 is 0 Å².